The van der Waals surface area contributed by atoms with Crippen molar-refractivity contribution in [2.75, 3.05) is 0 Å². The molecule has 0 aromatic carbocycles. The van der Waals surface area contributed by atoms with Gasteiger partial charge in [-0.1, -0.05) is 20.3 Å². The van der Waals surface area contributed by atoms with Gasteiger partial charge in [-0.15, -0.1) is 0 Å². The van der Waals surface area contributed by atoms with Crippen LogP contribution >= 0.6 is 0 Å². The summed E-state index contributed by atoms with van der Waals surface area (Å²) in [5, 5.41) is 11.5. The minimum absolute atomic E-state index is 0.0484. The van der Waals surface area contributed by atoms with Crippen molar-refractivity contribution in [2.45, 2.75) is 32.7 Å². The molecule has 0 spiro atoms. The first-order valence-electron chi connectivity index (χ1n) is 5.45. The third-order valence-electron chi connectivity index (χ3n) is 2.59. The summed E-state index contributed by atoms with van der Waals surface area (Å²) in [7, 11) is 0. The highest BCUT2D eigenvalue weighted by atomic mass is 16.4. The van der Waals surface area contributed by atoms with Crippen LogP contribution in [0.15, 0.2) is 16.9 Å². The van der Waals surface area contributed by atoms with Crippen LogP contribution in [0.25, 0.3) is 0 Å². The van der Waals surface area contributed by atoms with E-state index in [-0.39, 0.29) is 18.2 Å². The Morgan fingerprint density at radius 3 is 2.76 bits per heavy atom. The summed E-state index contributed by atoms with van der Waals surface area (Å²) in [6.07, 6.45) is 3.43. The minimum Gasteiger partial charge on any atom is -0.480 e. The zero-order valence-electron chi connectivity index (χ0n) is 9.84. The molecule has 0 unspecified atom stereocenters. The molecule has 0 saturated heterocycles. The number of rotatable bonds is 6. The molecule has 2 atom stereocenters. The predicted octanol–water partition coefficient (Wildman–Crippen LogP) is 0.833. The molecule has 0 fully saturated rings. The fourth-order valence-corrected chi connectivity index (χ4v) is 1.39. The second-order valence-electron chi connectivity index (χ2n) is 3.87. The van der Waals surface area contributed by atoms with Crippen molar-refractivity contribution >= 4 is 11.9 Å². The Labute approximate surface area is 99.0 Å². The van der Waals surface area contributed by atoms with E-state index in [2.05, 4.69) is 10.3 Å². The zero-order chi connectivity index (χ0) is 12.8. The monoisotopic (exact) mass is 240 g/mol. The van der Waals surface area contributed by atoms with Crippen LogP contribution in [0, 0.1) is 5.92 Å². The molecule has 1 rings (SSSR count). The molecule has 0 radical (unpaired) electrons. The van der Waals surface area contributed by atoms with Gasteiger partial charge in [-0.3, -0.25) is 4.79 Å². The van der Waals surface area contributed by atoms with Gasteiger partial charge in [0.2, 0.25) is 11.8 Å². The second-order valence-corrected chi connectivity index (χ2v) is 3.87. The number of hydrogen-bond acceptors (Lipinski definition) is 4. The Morgan fingerprint density at radius 2 is 2.29 bits per heavy atom. The van der Waals surface area contributed by atoms with Crippen LogP contribution in [-0.4, -0.2) is 28.0 Å². The fourth-order valence-electron chi connectivity index (χ4n) is 1.39. The number of carbonyl (C=O) groups excluding carboxylic acids is 1. The van der Waals surface area contributed by atoms with Gasteiger partial charge in [0.25, 0.3) is 0 Å². The van der Waals surface area contributed by atoms with Gasteiger partial charge in [0.15, 0.2) is 0 Å². The number of carboxylic acid groups (broad SMARTS) is 1. The molecular formula is C11H16N2O4. The van der Waals surface area contributed by atoms with E-state index in [0.717, 1.165) is 0 Å². The number of carboxylic acids is 1. The van der Waals surface area contributed by atoms with Gasteiger partial charge in [-0.05, 0) is 5.92 Å². The summed E-state index contributed by atoms with van der Waals surface area (Å²) in [4.78, 5) is 26.4. The van der Waals surface area contributed by atoms with E-state index < -0.39 is 17.9 Å². The summed E-state index contributed by atoms with van der Waals surface area (Å²) in [5.74, 6) is -1.28. The van der Waals surface area contributed by atoms with Crippen molar-refractivity contribution in [1.29, 1.82) is 0 Å². The lowest BCUT2D eigenvalue weighted by Crippen LogP contribution is -2.45. The zero-order valence-corrected chi connectivity index (χ0v) is 9.84. The topological polar surface area (TPSA) is 92.4 Å². The first-order valence-corrected chi connectivity index (χ1v) is 5.45. The van der Waals surface area contributed by atoms with Gasteiger partial charge in [-0.25, -0.2) is 9.78 Å². The van der Waals surface area contributed by atoms with E-state index in [0.29, 0.717) is 6.42 Å². The second kappa shape index (κ2) is 6.03. The van der Waals surface area contributed by atoms with E-state index in [9.17, 15) is 9.59 Å². The molecule has 17 heavy (non-hydrogen) atoms. The Hall–Kier alpha value is -1.85. The fraction of sp³-hybridized carbons (Fsp3) is 0.545. The number of aliphatic carboxylic acids is 1. The van der Waals surface area contributed by atoms with Gasteiger partial charge in [-0.2, -0.15) is 0 Å². The average molecular weight is 240 g/mol. The molecular weight excluding hydrogens is 224 g/mol. The number of amides is 1. The normalized spacial score (nSPS) is 14.0. The van der Waals surface area contributed by atoms with E-state index >= 15 is 0 Å². The molecule has 6 heteroatoms. The van der Waals surface area contributed by atoms with Crippen LogP contribution in [0.2, 0.25) is 0 Å². The highest BCUT2D eigenvalue weighted by Crippen LogP contribution is 2.08. The standard InChI is InChI=1S/C11H16N2O4/c1-3-7(2)10(11(15)16)13-8(14)6-9-12-4-5-17-9/h4-5,7,10H,3,6H2,1-2H3,(H,13,14)(H,15,16)/t7-,10-/m0/s1. The van der Waals surface area contributed by atoms with Crippen LogP contribution in [0.5, 0.6) is 0 Å². The number of hydrogen-bond donors (Lipinski definition) is 2. The molecule has 0 aliphatic heterocycles. The van der Waals surface area contributed by atoms with E-state index in [1.54, 1.807) is 6.92 Å². The smallest absolute Gasteiger partial charge is 0.326 e. The highest BCUT2D eigenvalue weighted by molar-refractivity contribution is 5.84. The van der Waals surface area contributed by atoms with Crippen LogP contribution < -0.4 is 5.32 Å². The summed E-state index contributed by atoms with van der Waals surface area (Å²) in [6, 6.07) is -0.873. The summed E-state index contributed by atoms with van der Waals surface area (Å²) >= 11 is 0. The van der Waals surface area contributed by atoms with E-state index in [1.807, 2.05) is 6.92 Å². The summed E-state index contributed by atoms with van der Waals surface area (Å²) in [5.41, 5.74) is 0. The third-order valence-corrected chi connectivity index (χ3v) is 2.59. The van der Waals surface area contributed by atoms with Gasteiger partial charge in [0.1, 0.15) is 18.7 Å². The van der Waals surface area contributed by atoms with Crippen LogP contribution in [0.1, 0.15) is 26.2 Å². The molecule has 94 valence electrons. The van der Waals surface area contributed by atoms with Crippen LogP contribution in [0.4, 0.5) is 0 Å². The molecule has 2 N–H and O–H groups in total. The van der Waals surface area contributed by atoms with Crippen LogP contribution in [-0.2, 0) is 16.0 Å². The maximum Gasteiger partial charge on any atom is 0.326 e. The Bertz CT molecular complexity index is 375. The predicted molar refractivity (Wildman–Crippen MR) is 59.2 cm³/mol. The molecule has 1 aromatic rings. The minimum atomic E-state index is -1.03. The molecule has 0 bridgehead atoms. The lowest BCUT2D eigenvalue weighted by atomic mass is 9.99. The summed E-state index contributed by atoms with van der Waals surface area (Å²) in [6.45, 7) is 3.66. The first-order chi connectivity index (χ1) is 8.04. The lowest BCUT2D eigenvalue weighted by molar-refractivity contribution is -0.143. The number of carbonyl (C=O) groups is 2. The lowest BCUT2D eigenvalue weighted by Gasteiger charge is -2.19. The first kappa shape index (κ1) is 13.2. The maximum atomic E-state index is 11.6. The van der Waals surface area contributed by atoms with E-state index in [4.69, 9.17) is 9.52 Å². The van der Waals surface area contributed by atoms with Gasteiger partial charge in [0, 0.05) is 0 Å². The van der Waals surface area contributed by atoms with Crippen molar-refractivity contribution in [3.05, 3.63) is 18.4 Å². The maximum absolute atomic E-state index is 11.6. The van der Waals surface area contributed by atoms with Gasteiger partial charge >= 0.3 is 5.97 Å². The molecule has 1 amide bonds. The largest absolute Gasteiger partial charge is 0.480 e. The molecule has 1 aromatic heterocycles. The number of nitrogens with one attached hydrogen (secondary N) is 1. The SMILES string of the molecule is CC[C@H](C)[C@H](NC(=O)Cc1ncco1)C(=O)O. The van der Waals surface area contributed by atoms with Crippen molar-refractivity contribution < 1.29 is 19.1 Å². The highest BCUT2D eigenvalue weighted by Gasteiger charge is 2.25. The number of aromatic nitrogens is 1. The van der Waals surface area contributed by atoms with Gasteiger partial charge < -0.3 is 14.8 Å². The Morgan fingerprint density at radius 1 is 1.59 bits per heavy atom. The van der Waals surface area contributed by atoms with E-state index in [1.165, 1.54) is 12.5 Å². The van der Waals surface area contributed by atoms with Crippen molar-refractivity contribution in [2.24, 2.45) is 5.92 Å². The molecule has 1 heterocycles. The molecule has 0 aliphatic rings. The molecule has 0 saturated carbocycles. The average Bonchev–Trinajstić information content (AvgIpc) is 2.77. The van der Waals surface area contributed by atoms with Crippen molar-refractivity contribution in [3.8, 4) is 0 Å². The molecule has 6 nitrogen and oxygen atoms in total. The molecule has 0 aliphatic carbocycles. The van der Waals surface area contributed by atoms with Crippen molar-refractivity contribution in [3.63, 3.8) is 0 Å². The quantitative estimate of drug-likeness (QED) is 0.768. The van der Waals surface area contributed by atoms with Crippen LogP contribution in [0.3, 0.4) is 0 Å². The summed E-state index contributed by atoms with van der Waals surface area (Å²) < 4.78 is 4.91. The Kier molecular flexibility index (Phi) is 4.68. The Balaban J connectivity index is 2.55. The third kappa shape index (κ3) is 3.90. The van der Waals surface area contributed by atoms with Crippen molar-refractivity contribution in [1.82, 2.24) is 10.3 Å². The number of nitrogens with zero attached hydrogens (tertiary/aromatic N) is 1. The van der Waals surface area contributed by atoms with Gasteiger partial charge in [0.05, 0.1) is 6.20 Å². The number of oxazole rings is 1.